The Hall–Kier alpha value is -1.71. The molecule has 0 amide bonds. The molecule has 0 aliphatic heterocycles. The summed E-state index contributed by atoms with van der Waals surface area (Å²) < 4.78 is 55.7. The summed E-state index contributed by atoms with van der Waals surface area (Å²) in [7, 11) is 0. The van der Waals surface area contributed by atoms with Crippen molar-refractivity contribution in [2.24, 2.45) is 46.3 Å². The molecule has 5 nitrogen and oxygen atoms in total. The van der Waals surface area contributed by atoms with Gasteiger partial charge in [0.25, 0.3) is 0 Å². The lowest BCUT2D eigenvalue weighted by molar-refractivity contribution is -0.207. The van der Waals surface area contributed by atoms with Gasteiger partial charge in [-0.2, -0.15) is 0 Å². The van der Waals surface area contributed by atoms with Crippen LogP contribution in [0.5, 0.6) is 0 Å². The molecule has 1 heterocycles. The number of fused-ring (bicyclic) bond motifs is 6. The van der Waals surface area contributed by atoms with Gasteiger partial charge < -0.3 is 20.3 Å². The minimum Gasteiger partial charge on any atom is -0.393 e. The van der Waals surface area contributed by atoms with E-state index in [1.807, 2.05) is 0 Å². The van der Waals surface area contributed by atoms with Crippen LogP contribution < -0.4 is 0 Å². The van der Waals surface area contributed by atoms with Crippen LogP contribution in [0.1, 0.15) is 78.0 Å². The van der Waals surface area contributed by atoms with E-state index in [2.05, 4.69) is 30.7 Å². The number of rotatable bonds is 4. The molecule has 4 aliphatic rings. The molecule has 1 aromatic heterocycles. The van der Waals surface area contributed by atoms with Gasteiger partial charge in [0.2, 0.25) is 0 Å². The number of halogens is 4. The minimum absolute atomic E-state index is 0.0138. The molecular formula is C30H40F4N2O3. The average molecular weight is 553 g/mol. The molecule has 1 unspecified atom stereocenters. The fraction of sp³-hybridized carbons (Fsp3) is 0.767. The van der Waals surface area contributed by atoms with Crippen molar-refractivity contribution in [3.63, 3.8) is 0 Å². The number of aromatic amines is 1. The summed E-state index contributed by atoms with van der Waals surface area (Å²) in [6, 6.07) is 0. The molecule has 216 valence electrons. The van der Waals surface area contributed by atoms with Gasteiger partial charge >= 0.3 is 0 Å². The lowest BCUT2D eigenvalue weighted by atomic mass is 9.43. The molecule has 6 rings (SSSR count). The van der Waals surface area contributed by atoms with E-state index in [0.717, 1.165) is 32.1 Å². The Bertz CT molecular complexity index is 1230. The van der Waals surface area contributed by atoms with Crippen LogP contribution >= 0.6 is 0 Å². The highest BCUT2D eigenvalue weighted by atomic mass is 19.2. The Morgan fingerprint density at radius 1 is 0.923 bits per heavy atom. The number of H-pyrrole nitrogens is 1. The Morgan fingerprint density at radius 2 is 1.64 bits per heavy atom. The first kappa shape index (κ1) is 27.5. The number of aryl methyl sites for hydroxylation is 1. The van der Waals surface area contributed by atoms with E-state index in [9.17, 15) is 32.9 Å². The van der Waals surface area contributed by atoms with Gasteiger partial charge in [0.1, 0.15) is 16.9 Å². The third-order valence-electron chi connectivity index (χ3n) is 12.1. The predicted octanol–water partition coefficient (Wildman–Crippen LogP) is 5.65. The molecule has 0 spiro atoms. The molecule has 4 N–H and O–H groups in total. The van der Waals surface area contributed by atoms with Gasteiger partial charge in [-0.1, -0.05) is 20.8 Å². The molecule has 4 saturated carbocycles. The average Bonchev–Trinajstić information content (AvgIpc) is 3.49. The van der Waals surface area contributed by atoms with Crippen LogP contribution in [-0.4, -0.2) is 43.6 Å². The summed E-state index contributed by atoms with van der Waals surface area (Å²) in [5.41, 5.74) is -1.36. The molecule has 9 heteroatoms. The van der Waals surface area contributed by atoms with E-state index in [1.165, 1.54) is 0 Å². The number of hydrogen-bond acceptors (Lipinski definition) is 4. The second kappa shape index (κ2) is 9.41. The molecular weight excluding hydrogens is 512 g/mol. The zero-order valence-electron chi connectivity index (χ0n) is 22.9. The largest absolute Gasteiger partial charge is 0.393 e. The van der Waals surface area contributed by atoms with Crippen LogP contribution in [0, 0.1) is 69.6 Å². The molecule has 1 aromatic carbocycles. The summed E-state index contributed by atoms with van der Waals surface area (Å²) in [6.07, 6.45) is 5.37. The fourth-order valence-electron chi connectivity index (χ4n) is 9.96. The summed E-state index contributed by atoms with van der Waals surface area (Å²) in [4.78, 5) is 6.66. The minimum atomic E-state index is -1.87. The van der Waals surface area contributed by atoms with Crippen LogP contribution in [-0.2, 0) is 6.42 Å². The standard InChI is InChI=1S/C30H40F4N2O3/c1-13(4-7-21-35-27-25(33)23(31)24(32)26(34)28(27)36-21)16-5-6-17-22-18(12-20(39)30(16,17)3)29(2)9-8-15(37)10-14(29)11-19(22)38/h13-20,22,37-39H,4-12H2,1-3H3,(H,35,36)/t13?,14-,15+,16+,17-,18-,19+,20-,22-,29-,30+/m0/s1. The summed E-state index contributed by atoms with van der Waals surface area (Å²) in [5, 5.41) is 33.5. The van der Waals surface area contributed by atoms with E-state index < -0.39 is 46.5 Å². The molecule has 4 fully saturated rings. The maximum Gasteiger partial charge on any atom is 0.199 e. The second-order valence-electron chi connectivity index (χ2n) is 13.7. The molecule has 0 saturated heterocycles. The van der Waals surface area contributed by atoms with Gasteiger partial charge in [-0.05, 0) is 97.7 Å². The van der Waals surface area contributed by atoms with Gasteiger partial charge in [-0.25, -0.2) is 22.5 Å². The maximum atomic E-state index is 14.2. The molecule has 39 heavy (non-hydrogen) atoms. The van der Waals surface area contributed by atoms with Crippen molar-refractivity contribution in [3.05, 3.63) is 29.1 Å². The van der Waals surface area contributed by atoms with E-state index >= 15 is 0 Å². The van der Waals surface area contributed by atoms with Gasteiger partial charge in [-0.3, -0.25) is 0 Å². The second-order valence-corrected chi connectivity index (χ2v) is 13.7. The summed E-state index contributed by atoms with van der Waals surface area (Å²) in [6.45, 7) is 6.61. The first-order valence-electron chi connectivity index (χ1n) is 14.6. The van der Waals surface area contributed by atoms with Crippen molar-refractivity contribution in [1.82, 2.24) is 9.97 Å². The van der Waals surface area contributed by atoms with Crippen molar-refractivity contribution in [1.29, 1.82) is 0 Å². The Labute approximate surface area is 226 Å². The lowest BCUT2D eigenvalue weighted by Gasteiger charge is -2.63. The van der Waals surface area contributed by atoms with Crippen LogP contribution in [0.4, 0.5) is 17.6 Å². The SMILES string of the molecule is CC(CCc1nc2c(F)c(F)c(F)c(F)c2[nH]1)[C@H]1CC[C@H]2[C@@H]3[C@H](O)C[C@@H]4C[C@H](O)CC[C@]4(C)[C@H]3C[C@H](O)[C@]12C. The number of aromatic nitrogens is 2. The zero-order valence-corrected chi connectivity index (χ0v) is 22.9. The van der Waals surface area contributed by atoms with Gasteiger partial charge in [0.05, 0.1) is 18.3 Å². The summed E-state index contributed by atoms with van der Waals surface area (Å²) >= 11 is 0. The zero-order chi connectivity index (χ0) is 28.0. The Kier molecular flexibility index (Phi) is 6.63. The fourth-order valence-corrected chi connectivity index (χ4v) is 9.96. The van der Waals surface area contributed by atoms with Crippen LogP contribution in [0.3, 0.4) is 0 Å². The van der Waals surface area contributed by atoms with Crippen molar-refractivity contribution < 1.29 is 32.9 Å². The highest BCUT2D eigenvalue weighted by Crippen LogP contribution is 2.68. The topological polar surface area (TPSA) is 89.4 Å². The third kappa shape index (κ3) is 3.92. The third-order valence-corrected chi connectivity index (χ3v) is 12.1. The van der Waals surface area contributed by atoms with E-state index in [1.54, 1.807) is 0 Å². The molecule has 0 radical (unpaired) electrons. The first-order chi connectivity index (χ1) is 18.4. The van der Waals surface area contributed by atoms with Crippen molar-refractivity contribution >= 4 is 11.0 Å². The van der Waals surface area contributed by atoms with Crippen molar-refractivity contribution in [2.45, 2.75) is 96.9 Å². The predicted molar refractivity (Wildman–Crippen MR) is 137 cm³/mol. The van der Waals surface area contributed by atoms with E-state index in [-0.39, 0.29) is 58.3 Å². The number of nitrogens with zero attached hydrogens (tertiary/aromatic N) is 1. The number of aliphatic hydroxyl groups is 3. The first-order valence-corrected chi connectivity index (χ1v) is 14.6. The smallest absolute Gasteiger partial charge is 0.199 e. The number of benzene rings is 1. The number of aliphatic hydroxyl groups excluding tert-OH is 3. The molecule has 0 bridgehead atoms. The van der Waals surface area contributed by atoms with Gasteiger partial charge in [-0.15, -0.1) is 0 Å². The molecule has 2 aromatic rings. The number of imidazole rings is 1. The highest BCUT2D eigenvalue weighted by Gasteiger charge is 2.65. The van der Waals surface area contributed by atoms with Crippen molar-refractivity contribution in [2.75, 3.05) is 0 Å². The monoisotopic (exact) mass is 552 g/mol. The van der Waals surface area contributed by atoms with Crippen molar-refractivity contribution in [3.8, 4) is 0 Å². The number of nitrogens with one attached hydrogen (secondary N) is 1. The van der Waals surface area contributed by atoms with Crippen LogP contribution in [0.2, 0.25) is 0 Å². The summed E-state index contributed by atoms with van der Waals surface area (Å²) in [5.74, 6) is -5.28. The Balaban J connectivity index is 1.21. The normalized spacial score (nSPS) is 42.7. The maximum absolute atomic E-state index is 14.2. The van der Waals surface area contributed by atoms with Crippen LogP contribution in [0.15, 0.2) is 0 Å². The van der Waals surface area contributed by atoms with E-state index in [4.69, 9.17) is 0 Å². The highest BCUT2D eigenvalue weighted by molar-refractivity contribution is 5.76. The molecule has 4 aliphatic carbocycles. The number of hydrogen-bond donors (Lipinski definition) is 4. The van der Waals surface area contributed by atoms with E-state index in [0.29, 0.717) is 25.7 Å². The van der Waals surface area contributed by atoms with Gasteiger partial charge in [0, 0.05) is 6.42 Å². The Morgan fingerprint density at radius 3 is 2.38 bits per heavy atom. The van der Waals surface area contributed by atoms with Gasteiger partial charge in [0.15, 0.2) is 23.3 Å². The molecule has 11 atom stereocenters. The quantitative estimate of drug-likeness (QED) is 0.224. The lowest BCUT2D eigenvalue weighted by Crippen LogP contribution is -2.62. The van der Waals surface area contributed by atoms with Crippen LogP contribution in [0.25, 0.3) is 11.0 Å².